The van der Waals surface area contributed by atoms with E-state index < -0.39 is 0 Å². The molecule has 0 aliphatic carbocycles. The fourth-order valence-corrected chi connectivity index (χ4v) is 2.62. The number of hydrogen-bond acceptors (Lipinski definition) is 6. The van der Waals surface area contributed by atoms with Crippen LogP contribution in [-0.2, 0) is 9.59 Å². The summed E-state index contributed by atoms with van der Waals surface area (Å²) in [6.45, 7) is 11.7. The number of nitrogens with one attached hydrogen (secondary N) is 2. The van der Waals surface area contributed by atoms with E-state index in [1.54, 1.807) is 13.0 Å². The first-order valence-electron chi connectivity index (χ1n) is 8.76. The Kier molecular flexibility index (Phi) is 6.55. The smallest absolute Gasteiger partial charge is 0.239 e. The topological polar surface area (TPSA) is 90.7 Å². The summed E-state index contributed by atoms with van der Waals surface area (Å²) in [5, 5.41) is 9.53. The molecule has 140 valence electrons. The van der Waals surface area contributed by atoms with Gasteiger partial charge in [-0.15, -0.1) is 0 Å². The van der Waals surface area contributed by atoms with Crippen LogP contribution in [0.4, 0.5) is 5.82 Å². The highest BCUT2D eigenvalue weighted by Crippen LogP contribution is 2.09. The van der Waals surface area contributed by atoms with E-state index in [1.807, 2.05) is 13.8 Å². The fraction of sp³-hybridized carbons (Fsp3) is 0.706. The van der Waals surface area contributed by atoms with Crippen LogP contribution in [0.3, 0.4) is 0 Å². The molecule has 1 fully saturated rings. The van der Waals surface area contributed by atoms with Gasteiger partial charge in [-0.2, -0.15) is 0 Å². The highest BCUT2D eigenvalue weighted by atomic mass is 16.5. The van der Waals surface area contributed by atoms with E-state index in [2.05, 4.69) is 32.5 Å². The van der Waals surface area contributed by atoms with Crippen molar-refractivity contribution in [3.63, 3.8) is 0 Å². The van der Waals surface area contributed by atoms with Crippen molar-refractivity contribution in [3.05, 3.63) is 11.8 Å². The molecule has 0 bridgehead atoms. The second-order valence-electron chi connectivity index (χ2n) is 7.21. The van der Waals surface area contributed by atoms with E-state index in [0.29, 0.717) is 24.7 Å². The van der Waals surface area contributed by atoms with E-state index in [4.69, 9.17) is 4.52 Å². The van der Waals surface area contributed by atoms with Gasteiger partial charge in [0.15, 0.2) is 5.82 Å². The lowest BCUT2D eigenvalue weighted by Gasteiger charge is -2.34. The van der Waals surface area contributed by atoms with Crippen molar-refractivity contribution < 1.29 is 14.1 Å². The molecule has 0 radical (unpaired) electrons. The Bertz CT molecular complexity index is 591. The van der Waals surface area contributed by atoms with Gasteiger partial charge in [0.25, 0.3) is 0 Å². The molecule has 2 rings (SSSR count). The molecule has 0 spiro atoms. The van der Waals surface area contributed by atoms with Gasteiger partial charge in [0.05, 0.1) is 13.1 Å². The number of nitrogens with zero attached hydrogens (tertiary/aromatic N) is 3. The third kappa shape index (κ3) is 6.47. The maximum absolute atomic E-state index is 12.1. The zero-order valence-corrected chi connectivity index (χ0v) is 15.6. The molecule has 1 aliphatic rings. The number of amides is 2. The third-order valence-corrected chi connectivity index (χ3v) is 4.46. The number of anilines is 1. The first kappa shape index (κ1) is 19.4. The number of aromatic nitrogens is 1. The Morgan fingerprint density at radius 2 is 1.72 bits per heavy atom. The second kappa shape index (κ2) is 8.44. The summed E-state index contributed by atoms with van der Waals surface area (Å²) in [4.78, 5) is 28.3. The van der Waals surface area contributed by atoms with Crippen LogP contribution in [0.15, 0.2) is 10.6 Å². The Balaban J connectivity index is 1.69. The molecule has 0 atom stereocenters. The molecular weight excluding hydrogens is 322 g/mol. The molecule has 2 N–H and O–H groups in total. The van der Waals surface area contributed by atoms with Crippen molar-refractivity contribution in [1.82, 2.24) is 20.3 Å². The Labute approximate surface area is 148 Å². The van der Waals surface area contributed by atoms with Crippen LogP contribution >= 0.6 is 0 Å². The van der Waals surface area contributed by atoms with Crippen LogP contribution < -0.4 is 10.6 Å². The number of carbonyl (C=O) groups is 2. The van der Waals surface area contributed by atoms with Gasteiger partial charge >= 0.3 is 0 Å². The standard InChI is InChI=1S/C17H29N5O3/c1-5-17(3,4)19-16(24)12-22-8-6-21(7-9-22)11-15(23)18-14-10-13(2)25-20-14/h10H,5-9,11-12H2,1-4H3,(H,19,24)(H,18,20,23). The zero-order valence-electron chi connectivity index (χ0n) is 15.6. The molecule has 0 saturated carbocycles. The molecule has 0 aromatic carbocycles. The van der Waals surface area contributed by atoms with Gasteiger partial charge in [-0.1, -0.05) is 12.1 Å². The molecule has 0 unspecified atom stereocenters. The summed E-state index contributed by atoms with van der Waals surface area (Å²) in [5.74, 6) is 1.05. The number of aryl methyl sites for hydroxylation is 1. The molecule has 2 heterocycles. The van der Waals surface area contributed by atoms with Gasteiger partial charge in [0, 0.05) is 37.8 Å². The van der Waals surface area contributed by atoms with Crippen molar-refractivity contribution in [2.24, 2.45) is 0 Å². The van der Waals surface area contributed by atoms with Gasteiger partial charge < -0.3 is 15.2 Å². The van der Waals surface area contributed by atoms with Crippen LogP contribution in [0.1, 0.15) is 33.0 Å². The molecular formula is C17H29N5O3. The van der Waals surface area contributed by atoms with Crippen molar-refractivity contribution in [3.8, 4) is 0 Å². The average Bonchev–Trinajstić information content (AvgIpc) is 2.93. The maximum Gasteiger partial charge on any atom is 0.239 e. The highest BCUT2D eigenvalue weighted by molar-refractivity contribution is 5.91. The summed E-state index contributed by atoms with van der Waals surface area (Å²) >= 11 is 0. The largest absolute Gasteiger partial charge is 0.360 e. The monoisotopic (exact) mass is 351 g/mol. The van der Waals surface area contributed by atoms with Crippen molar-refractivity contribution in [2.45, 2.75) is 39.7 Å². The first-order chi connectivity index (χ1) is 11.8. The SMILES string of the molecule is CCC(C)(C)NC(=O)CN1CCN(CC(=O)Nc2cc(C)on2)CC1. The van der Waals surface area contributed by atoms with Gasteiger partial charge in [-0.25, -0.2) is 0 Å². The number of carbonyl (C=O) groups excluding carboxylic acids is 2. The molecule has 8 heteroatoms. The Morgan fingerprint density at radius 3 is 2.20 bits per heavy atom. The Morgan fingerprint density at radius 1 is 1.16 bits per heavy atom. The molecule has 1 aromatic rings. The van der Waals surface area contributed by atoms with E-state index in [9.17, 15) is 9.59 Å². The molecule has 2 amide bonds. The Hall–Kier alpha value is -1.93. The molecule has 1 aromatic heterocycles. The highest BCUT2D eigenvalue weighted by Gasteiger charge is 2.23. The fourth-order valence-electron chi connectivity index (χ4n) is 2.62. The van der Waals surface area contributed by atoms with Crippen LogP contribution in [0.25, 0.3) is 0 Å². The van der Waals surface area contributed by atoms with Crippen LogP contribution in [0.2, 0.25) is 0 Å². The average molecular weight is 351 g/mol. The van der Waals surface area contributed by atoms with Crippen molar-refractivity contribution in [2.75, 3.05) is 44.6 Å². The molecule has 25 heavy (non-hydrogen) atoms. The van der Waals surface area contributed by atoms with E-state index >= 15 is 0 Å². The van der Waals surface area contributed by atoms with Gasteiger partial charge in [0.1, 0.15) is 5.76 Å². The summed E-state index contributed by atoms with van der Waals surface area (Å²) in [6, 6.07) is 1.69. The van der Waals surface area contributed by atoms with E-state index in [1.165, 1.54) is 0 Å². The normalized spacial score (nSPS) is 16.6. The molecule has 8 nitrogen and oxygen atoms in total. The molecule has 1 saturated heterocycles. The maximum atomic E-state index is 12.1. The first-order valence-corrected chi connectivity index (χ1v) is 8.76. The summed E-state index contributed by atoms with van der Waals surface area (Å²) in [7, 11) is 0. The second-order valence-corrected chi connectivity index (χ2v) is 7.21. The van der Waals surface area contributed by atoms with Gasteiger partial charge in [-0.3, -0.25) is 19.4 Å². The minimum absolute atomic E-state index is 0.0550. The van der Waals surface area contributed by atoms with Gasteiger partial charge in [-0.05, 0) is 27.2 Å². The number of piperazine rings is 1. The summed E-state index contributed by atoms with van der Waals surface area (Å²) < 4.78 is 4.93. The van der Waals surface area contributed by atoms with E-state index in [-0.39, 0.29) is 17.4 Å². The lowest BCUT2D eigenvalue weighted by Crippen LogP contribution is -2.53. The minimum atomic E-state index is -0.170. The quantitative estimate of drug-likeness (QED) is 0.757. The number of rotatable bonds is 7. The predicted molar refractivity (Wildman–Crippen MR) is 95.3 cm³/mol. The van der Waals surface area contributed by atoms with Crippen LogP contribution in [0.5, 0.6) is 0 Å². The van der Waals surface area contributed by atoms with Crippen molar-refractivity contribution in [1.29, 1.82) is 0 Å². The van der Waals surface area contributed by atoms with Crippen LogP contribution in [0, 0.1) is 6.92 Å². The third-order valence-electron chi connectivity index (χ3n) is 4.46. The summed E-state index contributed by atoms with van der Waals surface area (Å²) in [5.41, 5.74) is -0.170. The minimum Gasteiger partial charge on any atom is -0.360 e. The van der Waals surface area contributed by atoms with Crippen LogP contribution in [-0.4, -0.2) is 71.6 Å². The van der Waals surface area contributed by atoms with Gasteiger partial charge in [0.2, 0.25) is 11.8 Å². The predicted octanol–water partition coefficient (Wildman–Crippen LogP) is 0.844. The van der Waals surface area contributed by atoms with Crippen molar-refractivity contribution >= 4 is 17.6 Å². The summed E-state index contributed by atoms with van der Waals surface area (Å²) in [6.07, 6.45) is 0.896. The number of hydrogen-bond donors (Lipinski definition) is 2. The zero-order chi connectivity index (χ0) is 18.4. The lowest BCUT2D eigenvalue weighted by molar-refractivity contribution is -0.125. The lowest BCUT2D eigenvalue weighted by atomic mass is 10.0. The van der Waals surface area contributed by atoms with E-state index in [0.717, 1.165) is 32.6 Å². The molecule has 1 aliphatic heterocycles.